The molecular formula is C11H19NOS. The molecule has 0 amide bonds. The number of methoxy groups -OCH3 is 1. The Labute approximate surface area is 90.3 Å². The van der Waals surface area contributed by atoms with Crippen LogP contribution in [0.2, 0.25) is 0 Å². The van der Waals surface area contributed by atoms with Gasteiger partial charge in [-0.05, 0) is 31.3 Å². The van der Waals surface area contributed by atoms with Crippen molar-refractivity contribution in [2.75, 3.05) is 13.7 Å². The molecule has 2 nitrogen and oxygen atoms in total. The molecule has 0 saturated heterocycles. The van der Waals surface area contributed by atoms with Crippen LogP contribution in [0, 0.1) is 0 Å². The predicted molar refractivity (Wildman–Crippen MR) is 61.8 cm³/mol. The van der Waals surface area contributed by atoms with Gasteiger partial charge in [-0.3, -0.25) is 0 Å². The van der Waals surface area contributed by atoms with E-state index in [0.717, 1.165) is 13.0 Å². The minimum atomic E-state index is 0.307. The zero-order chi connectivity index (χ0) is 10.4. The molecule has 1 heterocycles. The van der Waals surface area contributed by atoms with Crippen LogP contribution in [0.25, 0.3) is 0 Å². The third-order valence-electron chi connectivity index (χ3n) is 2.31. The maximum Gasteiger partial charge on any atom is 0.0561 e. The largest absolute Gasteiger partial charge is 0.382 e. The number of hydrogen-bond acceptors (Lipinski definition) is 3. The molecule has 2 atom stereocenters. The third-order valence-corrected chi connectivity index (χ3v) is 3.29. The van der Waals surface area contributed by atoms with Gasteiger partial charge in [-0.15, -0.1) is 11.3 Å². The minimum Gasteiger partial charge on any atom is -0.382 e. The summed E-state index contributed by atoms with van der Waals surface area (Å²) in [5.41, 5.74) is 0. The Balaban J connectivity index is 2.55. The maximum absolute atomic E-state index is 5.29. The van der Waals surface area contributed by atoms with Crippen LogP contribution in [0.1, 0.15) is 31.2 Å². The van der Waals surface area contributed by atoms with Crippen LogP contribution in [0.3, 0.4) is 0 Å². The standard InChI is InChI=1S/C11H19NOS/c1-4-12-10(8-9(2)13-3)11-6-5-7-14-11/h5-7,9-10,12H,4,8H2,1-3H3. The van der Waals surface area contributed by atoms with E-state index in [9.17, 15) is 0 Å². The van der Waals surface area contributed by atoms with Gasteiger partial charge < -0.3 is 10.1 Å². The molecule has 1 aromatic heterocycles. The third kappa shape index (κ3) is 3.40. The van der Waals surface area contributed by atoms with Crippen LogP contribution in [0.4, 0.5) is 0 Å². The summed E-state index contributed by atoms with van der Waals surface area (Å²) in [5, 5.41) is 5.60. The van der Waals surface area contributed by atoms with Gasteiger partial charge in [0.1, 0.15) is 0 Å². The monoisotopic (exact) mass is 213 g/mol. The second-order valence-electron chi connectivity index (χ2n) is 3.41. The molecule has 0 aliphatic carbocycles. The molecule has 0 bridgehead atoms. The molecule has 0 saturated carbocycles. The number of ether oxygens (including phenoxy) is 1. The van der Waals surface area contributed by atoms with Crippen molar-refractivity contribution in [2.24, 2.45) is 0 Å². The molecule has 3 heteroatoms. The second-order valence-corrected chi connectivity index (χ2v) is 4.39. The van der Waals surface area contributed by atoms with Crippen molar-refractivity contribution in [1.82, 2.24) is 5.32 Å². The quantitative estimate of drug-likeness (QED) is 0.784. The van der Waals surface area contributed by atoms with Crippen LogP contribution < -0.4 is 5.32 Å². The summed E-state index contributed by atoms with van der Waals surface area (Å²) in [4.78, 5) is 1.40. The fourth-order valence-electron chi connectivity index (χ4n) is 1.46. The van der Waals surface area contributed by atoms with E-state index in [0.29, 0.717) is 12.1 Å². The van der Waals surface area contributed by atoms with Gasteiger partial charge in [0.25, 0.3) is 0 Å². The lowest BCUT2D eigenvalue weighted by Crippen LogP contribution is -2.24. The molecule has 14 heavy (non-hydrogen) atoms. The highest BCUT2D eigenvalue weighted by atomic mass is 32.1. The molecule has 1 aromatic rings. The smallest absolute Gasteiger partial charge is 0.0561 e. The van der Waals surface area contributed by atoms with Crippen molar-refractivity contribution in [3.63, 3.8) is 0 Å². The molecule has 1 N–H and O–H groups in total. The van der Waals surface area contributed by atoms with Crippen LogP contribution in [-0.2, 0) is 4.74 Å². The predicted octanol–water partition coefficient (Wildman–Crippen LogP) is 2.82. The molecule has 2 unspecified atom stereocenters. The van der Waals surface area contributed by atoms with Gasteiger partial charge in [0.2, 0.25) is 0 Å². The van der Waals surface area contributed by atoms with Gasteiger partial charge in [-0.1, -0.05) is 13.0 Å². The second kappa shape index (κ2) is 6.17. The number of thiophene rings is 1. The van der Waals surface area contributed by atoms with Gasteiger partial charge in [0, 0.05) is 18.0 Å². The first kappa shape index (κ1) is 11.7. The Bertz CT molecular complexity index is 235. The molecule has 0 spiro atoms. The average Bonchev–Trinajstić information content (AvgIpc) is 2.69. The van der Waals surface area contributed by atoms with Crippen molar-refractivity contribution < 1.29 is 4.74 Å². The van der Waals surface area contributed by atoms with Gasteiger partial charge in [0.05, 0.1) is 6.10 Å². The summed E-state index contributed by atoms with van der Waals surface area (Å²) < 4.78 is 5.29. The fraction of sp³-hybridized carbons (Fsp3) is 0.636. The average molecular weight is 213 g/mol. The molecule has 0 fully saturated rings. The first-order valence-corrected chi connectivity index (χ1v) is 5.95. The van der Waals surface area contributed by atoms with Crippen molar-refractivity contribution in [3.8, 4) is 0 Å². The number of rotatable bonds is 6. The summed E-state index contributed by atoms with van der Waals surface area (Å²) in [6.45, 7) is 5.25. The summed E-state index contributed by atoms with van der Waals surface area (Å²) in [6.07, 6.45) is 1.34. The highest BCUT2D eigenvalue weighted by molar-refractivity contribution is 7.10. The number of hydrogen-bond donors (Lipinski definition) is 1. The normalized spacial score (nSPS) is 15.4. The van der Waals surface area contributed by atoms with Gasteiger partial charge in [-0.2, -0.15) is 0 Å². The topological polar surface area (TPSA) is 21.3 Å². The van der Waals surface area contributed by atoms with E-state index in [1.165, 1.54) is 4.88 Å². The Morgan fingerprint density at radius 2 is 2.36 bits per heavy atom. The lowest BCUT2D eigenvalue weighted by Gasteiger charge is -2.19. The first-order valence-electron chi connectivity index (χ1n) is 5.07. The zero-order valence-electron chi connectivity index (χ0n) is 9.12. The molecule has 0 aromatic carbocycles. The molecule has 0 aliphatic rings. The minimum absolute atomic E-state index is 0.307. The number of nitrogens with one attached hydrogen (secondary N) is 1. The van der Waals surface area contributed by atoms with E-state index in [2.05, 4.69) is 36.7 Å². The van der Waals surface area contributed by atoms with Crippen molar-refractivity contribution >= 4 is 11.3 Å². The van der Waals surface area contributed by atoms with Gasteiger partial charge in [0.15, 0.2) is 0 Å². The summed E-state index contributed by atoms with van der Waals surface area (Å²) in [6, 6.07) is 4.72. The molecule has 0 aliphatic heterocycles. The van der Waals surface area contributed by atoms with Gasteiger partial charge in [-0.25, -0.2) is 0 Å². The van der Waals surface area contributed by atoms with Crippen molar-refractivity contribution in [1.29, 1.82) is 0 Å². The first-order chi connectivity index (χ1) is 6.77. The van der Waals surface area contributed by atoms with E-state index < -0.39 is 0 Å². The Kier molecular flexibility index (Phi) is 5.15. The Hall–Kier alpha value is -0.380. The Morgan fingerprint density at radius 1 is 1.57 bits per heavy atom. The van der Waals surface area contributed by atoms with E-state index in [1.807, 2.05) is 0 Å². The van der Waals surface area contributed by atoms with E-state index in [4.69, 9.17) is 4.74 Å². The van der Waals surface area contributed by atoms with E-state index in [-0.39, 0.29) is 0 Å². The van der Waals surface area contributed by atoms with Crippen molar-refractivity contribution in [2.45, 2.75) is 32.4 Å². The van der Waals surface area contributed by atoms with E-state index >= 15 is 0 Å². The Morgan fingerprint density at radius 3 is 2.86 bits per heavy atom. The zero-order valence-corrected chi connectivity index (χ0v) is 9.93. The molecule has 0 radical (unpaired) electrons. The van der Waals surface area contributed by atoms with Gasteiger partial charge >= 0.3 is 0 Å². The fourth-order valence-corrected chi connectivity index (χ4v) is 2.28. The van der Waals surface area contributed by atoms with Crippen LogP contribution in [0.15, 0.2) is 17.5 Å². The van der Waals surface area contributed by atoms with Crippen LogP contribution in [-0.4, -0.2) is 19.8 Å². The molecule has 80 valence electrons. The van der Waals surface area contributed by atoms with Crippen LogP contribution >= 0.6 is 11.3 Å². The maximum atomic E-state index is 5.29. The molecule has 1 rings (SSSR count). The summed E-state index contributed by atoms with van der Waals surface area (Å²) in [7, 11) is 1.77. The molecular weight excluding hydrogens is 194 g/mol. The summed E-state index contributed by atoms with van der Waals surface area (Å²) in [5.74, 6) is 0. The SMILES string of the molecule is CCNC(CC(C)OC)c1cccs1. The van der Waals surface area contributed by atoms with Crippen molar-refractivity contribution in [3.05, 3.63) is 22.4 Å². The lowest BCUT2D eigenvalue weighted by molar-refractivity contribution is 0.101. The lowest BCUT2D eigenvalue weighted by atomic mass is 10.1. The highest BCUT2D eigenvalue weighted by Gasteiger charge is 2.14. The van der Waals surface area contributed by atoms with Crippen LogP contribution in [0.5, 0.6) is 0 Å². The van der Waals surface area contributed by atoms with E-state index in [1.54, 1.807) is 18.4 Å². The highest BCUT2D eigenvalue weighted by Crippen LogP contribution is 2.23. The summed E-state index contributed by atoms with van der Waals surface area (Å²) >= 11 is 1.81.